The molecule has 118 valence electrons. The fourth-order valence-corrected chi connectivity index (χ4v) is 2.17. The van der Waals surface area contributed by atoms with Crippen LogP contribution in [0.1, 0.15) is 35.3 Å². The number of nitrogens with two attached hydrogens (primary N) is 1. The SMILES string of the molecule is CC(C)(C#N)c1cccc(C(=O)Cc2ccc(F)c(N)c2F)c1. The van der Waals surface area contributed by atoms with Gasteiger partial charge in [-0.05, 0) is 37.1 Å². The summed E-state index contributed by atoms with van der Waals surface area (Å²) < 4.78 is 27.1. The molecule has 0 aliphatic rings. The number of hydrogen-bond donors (Lipinski definition) is 1. The first-order valence-corrected chi connectivity index (χ1v) is 7.03. The Morgan fingerprint density at radius 3 is 2.61 bits per heavy atom. The van der Waals surface area contributed by atoms with Crippen molar-refractivity contribution in [3.63, 3.8) is 0 Å². The summed E-state index contributed by atoms with van der Waals surface area (Å²) >= 11 is 0. The van der Waals surface area contributed by atoms with E-state index < -0.39 is 22.7 Å². The zero-order chi connectivity index (χ0) is 17.2. The van der Waals surface area contributed by atoms with E-state index in [2.05, 4.69) is 6.07 Å². The molecule has 0 spiro atoms. The molecule has 3 nitrogen and oxygen atoms in total. The summed E-state index contributed by atoms with van der Waals surface area (Å²) in [4.78, 5) is 12.3. The van der Waals surface area contributed by atoms with Crippen LogP contribution in [0.25, 0.3) is 0 Å². The lowest BCUT2D eigenvalue weighted by molar-refractivity contribution is 0.0991. The van der Waals surface area contributed by atoms with Gasteiger partial charge in [-0.1, -0.05) is 24.3 Å². The van der Waals surface area contributed by atoms with E-state index in [1.54, 1.807) is 38.1 Å². The Hall–Kier alpha value is -2.74. The Morgan fingerprint density at radius 1 is 1.26 bits per heavy atom. The van der Waals surface area contributed by atoms with Gasteiger partial charge < -0.3 is 5.73 Å². The zero-order valence-electron chi connectivity index (χ0n) is 12.9. The molecule has 2 aromatic rings. The molecule has 0 radical (unpaired) electrons. The Balaban J connectivity index is 2.31. The summed E-state index contributed by atoms with van der Waals surface area (Å²) in [6, 6.07) is 11.1. The summed E-state index contributed by atoms with van der Waals surface area (Å²) in [5, 5.41) is 9.17. The second-order valence-corrected chi connectivity index (χ2v) is 5.85. The standard InChI is InChI=1S/C18H16F2N2O/c1-18(2,10-21)13-5-3-4-11(8-13)15(23)9-12-6-7-14(19)17(22)16(12)20/h3-8H,9,22H2,1-2H3. The third-order valence-electron chi connectivity index (χ3n) is 3.74. The molecule has 2 N–H and O–H groups in total. The Labute approximate surface area is 133 Å². The monoisotopic (exact) mass is 314 g/mol. The van der Waals surface area contributed by atoms with Crippen LogP contribution in [0.2, 0.25) is 0 Å². The van der Waals surface area contributed by atoms with E-state index in [0.29, 0.717) is 11.1 Å². The quantitative estimate of drug-likeness (QED) is 0.690. The Kier molecular flexibility index (Phi) is 4.46. The minimum Gasteiger partial charge on any atom is -0.394 e. The number of nitrogen functional groups attached to an aromatic ring is 1. The second kappa shape index (κ2) is 6.17. The molecule has 0 saturated carbocycles. The molecule has 0 saturated heterocycles. The molecule has 5 heteroatoms. The van der Waals surface area contributed by atoms with E-state index >= 15 is 0 Å². The Bertz CT molecular complexity index is 807. The molecule has 0 amide bonds. The van der Waals surface area contributed by atoms with E-state index in [0.717, 1.165) is 6.07 Å². The zero-order valence-corrected chi connectivity index (χ0v) is 12.9. The van der Waals surface area contributed by atoms with Gasteiger partial charge in [0.2, 0.25) is 0 Å². The predicted molar refractivity (Wildman–Crippen MR) is 83.9 cm³/mol. The fraction of sp³-hybridized carbons (Fsp3) is 0.222. The van der Waals surface area contributed by atoms with Crippen LogP contribution in [0.15, 0.2) is 36.4 Å². The van der Waals surface area contributed by atoms with Crippen LogP contribution in [-0.4, -0.2) is 5.78 Å². The molecule has 2 rings (SSSR count). The lowest BCUT2D eigenvalue weighted by Gasteiger charge is -2.16. The number of carbonyl (C=O) groups is 1. The number of nitrogens with zero attached hydrogens (tertiary/aromatic N) is 1. The summed E-state index contributed by atoms with van der Waals surface area (Å²) in [7, 11) is 0. The van der Waals surface area contributed by atoms with E-state index in [1.165, 1.54) is 6.07 Å². The second-order valence-electron chi connectivity index (χ2n) is 5.85. The average Bonchev–Trinajstić information content (AvgIpc) is 2.55. The smallest absolute Gasteiger partial charge is 0.167 e. The molecule has 0 atom stereocenters. The normalized spacial score (nSPS) is 11.1. The Morgan fingerprint density at radius 2 is 1.96 bits per heavy atom. The number of nitriles is 1. The first-order chi connectivity index (χ1) is 10.8. The summed E-state index contributed by atoms with van der Waals surface area (Å²) in [5.74, 6) is -2.09. The van der Waals surface area contributed by atoms with Crippen molar-refractivity contribution in [2.75, 3.05) is 5.73 Å². The van der Waals surface area contributed by atoms with Crippen molar-refractivity contribution in [3.05, 3.63) is 64.7 Å². The van der Waals surface area contributed by atoms with Crippen LogP contribution >= 0.6 is 0 Å². The largest absolute Gasteiger partial charge is 0.394 e. The summed E-state index contributed by atoms with van der Waals surface area (Å²) in [5.41, 5.74) is 5.08. The van der Waals surface area contributed by atoms with E-state index in [-0.39, 0.29) is 17.8 Å². The summed E-state index contributed by atoms with van der Waals surface area (Å²) in [6.07, 6.45) is -0.229. The highest BCUT2D eigenvalue weighted by atomic mass is 19.1. The van der Waals surface area contributed by atoms with Crippen LogP contribution in [-0.2, 0) is 11.8 Å². The maximum Gasteiger partial charge on any atom is 0.167 e. The number of anilines is 1. The van der Waals surface area contributed by atoms with Gasteiger partial charge in [0.05, 0.1) is 11.5 Å². The van der Waals surface area contributed by atoms with Gasteiger partial charge in [-0.25, -0.2) is 8.78 Å². The van der Waals surface area contributed by atoms with Gasteiger partial charge in [0.25, 0.3) is 0 Å². The highest BCUT2D eigenvalue weighted by Crippen LogP contribution is 2.24. The average molecular weight is 314 g/mol. The number of ketones is 1. The molecular weight excluding hydrogens is 298 g/mol. The number of hydrogen-bond acceptors (Lipinski definition) is 3. The van der Waals surface area contributed by atoms with Gasteiger partial charge in [0, 0.05) is 12.0 Å². The van der Waals surface area contributed by atoms with Crippen LogP contribution in [0.4, 0.5) is 14.5 Å². The van der Waals surface area contributed by atoms with Crippen molar-refractivity contribution in [1.82, 2.24) is 0 Å². The number of Topliss-reactive ketones (excluding diaryl/α,β-unsaturated/α-hetero) is 1. The summed E-state index contributed by atoms with van der Waals surface area (Å²) in [6.45, 7) is 3.49. The molecule has 0 unspecified atom stereocenters. The number of halogens is 2. The minimum atomic E-state index is -0.910. The van der Waals surface area contributed by atoms with Crippen LogP contribution in [0.5, 0.6) is 0 Å². The van der Waals surface area contributed by atoms with Crippen molar-refractivity contribution in [2.24, 2.45) is 0 Å². The van der Waals surface area contributed by atoms with Crippen LogP contribution in [0.3, 0.4) is 0 Å². The molecular formula is C18H16F2N2O. The van der Waals surface area contributed by atoms with Gasteiger partial charge >= 0.3 is 0 Å². The van der Waals surface area contributed by atoms with Gasteiger partial charge in [0.1, 0.15) is 11.5 Å². The van der Waals surface area contributed by atoms with E-state index in [4.69, 9.17) is 5.73 Å². The molecule has 0 aliphatic carbocycles. The highest BCUT2D eigenvalue weighted by molar-refractivity contribution is 5.97. The molecule has 0 aliphatic heterocycles. The van der Waals surface area contributed by atoms with E-state index in [1.807, 2.05) is 0 Å². The topological polar surface area (TPSA) is 66.9 Å². The maximum absolute atomic E-state index is 13.9. The van der Waals surface area contributed by atoms with E-state index in [9.17, 15) is 18.8 Å². The predicted octanol–water partition coefficient (Wildman–Crippen LogP) is 3.77. The van der Waals surface area contributed by atoms with Crippen LogP contribution < -0.4 is 5.73 Å². The molecule has 0 aromatic heterocycles. The fourth-order valence-electron chi connectivity index (χ4n) is 2.17. The van der Waals surface area contributed by atoms with Gasteiger partial charge in [-0.15, -0.1) is 0 Å². The first-order valence-electron chi connectivity index (χ1n) is 7.03. The van der Waals surface area contributed by atoms with Crippen molar-refractivity contribution in [2.45, 2.75) is 25.7 Å². The molecule has 23 heavy (non-hydrogen) atoms. The first kappa shape index (κ1) is 16.6. The third-order valence-corrected chi connectivity index (χ3v) is 3.74. The van der Waals surface area contributed by atoms with Gasteiger partial charge in [-0.2, -0.15) is 5.26 Å². The third kappa shape index (κ3) is 3.37. The number of rotatable bonds is 4. The minimum absolute atomic E-state index is 0.0406. The molecule has 2 aromatic carbocycles. The highest BCUT2D eigenvalue weighted by Gasteiger charge is 2.21. The van der Waals surface area contributed by atoms with Crippen molar-refractivity contribution in [3.8, 4) is 6.07 Å². The molecule has 0 heterocycles. The van der Waals surface area contributed by atoms with Gasteiger partial charge in [0.15, 0.2) is 11.6 Å². The van der Waals surface area contributed by atoms with Gasteiger partial charge in [-0.3, -0.25) is 4.79 Å². The van der Waals surface area contributed by atoms with Crippen molar-refractivity contribution >= 4 is 11.5 Å². The maximum atomic E-state index is 13.9. The number of carbonyl (C=O) groups excluding carboxylic acids is 1. The lowest BCUT2D eigenvalue weighted by atomic mass is 9.85. The molecule has 0 fully saturated rings. The number of benzene rings is 2. The molecule has 0 bridgehead atoms. The lowest BCUT2D eigenvalue weighted by Crippen LogP contribution is -2.15. The van der Waals surface area contributed by atoms with Crippen LogP contribution in [0, 0.1) is 23.0 Å². The van der Waals surface area contributed by atoms with Crippen molar-refractivity contribution < 1.29 is 13.6 Å². The van der Waals surface area contributed by atoms with Crippen molar-refractivity contribution in [1.29, 1.82) is 5.26 Å².